The van der Waals surface area contributed by atoms with Crippen LogP contribution >= 0.6 is 15.9 Å². The van der Waals surface area contributed by atoms with Crippen LogP contribution in [0.3, 0.4) is 0 Å². The van der Waals surface area contributed by atoms with Gasteiger partial charge in [-0.1, -0.05) is 15.9 Å². The van der Waals surface area contributed by atoms with E-state index < -0.39 is 23.2 Å². The molecule has 0 aliphatic carbocycles. The van der Waals surface area contributed by atoms with E-state index in [1.54, 1.807) is 0 Å². The Morgan fingerprint density at radius 2 is 1.63 bits per heavy atom. The number of benzene rings is 2. The Hall–Kier alpha value is -1.62. The van der Waals surface area contributed by atoms with Crippen LogP contribution in [0.1, 0.15) is 15.9 Å². The summed E-state index contributed by atoms with van der Waals surface area (Å²) in [6.07, 6.45) is -0.256. The molecule has 0 atom stereocenters. The van der Waals surface area contributed by atoms with E-state index in [1.807, 2.05) is 0 Å². The summed E-state index contributed by atoms with van der Waals surface area (Å²) in [6, 6.07) is 6.73. The highest BCUT2D eigenvalue weighted by molar-refractivity contribution is 9.10. The van der Waals surface area contributed by atoms with E-state index >= 15 is 0 Å². The van der Waals surface area contributed by atoms with Crippen molar-refractivity contribution in [2.45, 2.75) is 6.42 Å². The van der Waals surface area contributed by atoms with Gasteiger partial charge in [-0.05, 0) is 35.9 Å². The van der Waals surface area contributed by atoms with Crippen LogP contribution in [-0.4, -0.2) is 5.78 Å². The maximum atomic E-state index is 13.5. The first-order valence-corrected chi connectivity index (χ1v) is 6.18. The molecule has 0 heterocycles. The highest BCUT2D eigenvalue weighted by Crippen LogP contribution is 2.18. The molecule has 0 aromatic heterocycles. The van der Waals surface area contributed by atoms with Crippen LogP contribution in [0, 0.1) is 17.5 Å². The van der Waals surface area contributed by atoms with Gasteiger partial charge < -0.3 is 0 Å². The topological polar surface area (TPSA) is 17.1 Å². The summed E-state index contributed by atoms with van der Waals surface area (Å²) in [6.45, 7) is 0. The third kappa shape index (κ3) is 3.44. The highest BCUT2D eigenvalue weighted by Gasteiger charge is 2.13. The van der Waals surface area contributed by atoms with Crippen molar-refractivity contribution in [1.82, 2.24) is 0 Å². The molecule has 0 saturated carbocycles. The van der Waals surface area contributed by atoms with Crippen LogP contribution in [0.5, 0.6) is 0 Å². The fourth-order valence-corrected chi connectivity index (χ4v) is 2.08. The van der Waals surface area contributed by atoms with Gasteiger partial charge in [0.25, 0.3) is 0 Å². The molecule has 2 rings (SSSR count). The van der Waals surface area contributed by atoms with Gasteiger partial charge in [0, 0.05) is 22.5 Å². The maximum Gasteiger partial charge on any atom is 0.167 e. The van der Waals surface area contributed by atoms with Crippen molar-refractivity contribution in [1.29, 1.82) is 0 Å². The minimum atomic E-state index is -0.835. The van der Waals surface area contributed by atoms with Gasteiger partial charge in [0.2, 0.25) is 0 Å². The minimum absolute atomic E-state index is 0.114. The Bertz CT molecular complexity index is 620. The number of Topliss-reactive ketones (excluding diaryl/α,β-unsaturated/α-hetero) is 1. The van der Waals surface area contributed by atoms with E-state index in [1.165, 1.54) is 18.2 Å². The van der Waals surface area contributed by atoms with Gasteiger partial charge in [-0.15, -0.1) is 0 Å². The molecule has 5 heteroatoms. The van der Waals surface area contributed by atoms with Crippen molar-refractivity contribution in [2.24, 2.45) is 0 Å². The SMILES string of the molecule is O=C(Cc1cc(Br)ccc1F)c1cc(F)cc(F)c1. The molecular formula is C14H8BrF3O. The van der Waals surface area contributed by atoms with Gasteiger partial charge in [-0.2, -0.15) is 0 Å². The van der Waals surface area contributed by atoms with Gasteiger partial charge in [0.15, 0.2) is 5.78 Å². The average molecular weight is 329 g/mol. The van der Waals surface area contributed by atoms with Crippen molar-refractivity contribution in [2.75, 3.05) is 0 Å². The lowest BCUT2D eigenvalue weighted by Gasteiger charge is -2.04. The van der Waals surface area contributed by atoms with E-state index in [9.17, 15) is 18.0 Å². The average Bonchev–Trinajstić information content (AvgIpc) is 2.32. The van der Waals surface area contributed by atoms with Gasteiger partial charge in [-0.25, -0.2) is 13.2 Å². The molecule has 0 spiro atoms. The molecule has 2 aromatic carbocycles. The Morgan fingerprint density at radius 1 is 1.00 bits per heavy atom. The van der Waals surface area contributed by atoms with Gasteiger partial charge in [0.1, 0.15) is 17.5 Å². The molecule has 0 radical (unpaired) electrons. The summed E-state index contributed by atoms with van der Waals surface area (Å²) >= 11 is 3.17. The Balaban J connectivity index is 2.28. The van der Waals surface area contributed by atoms with Crippen LogP contribution in [-0.2, 0) is 6.42 Å². The highest BCUT2D eigenvalue weighted by atomic mass is 79.9. The van der Waals surface area contributed by atoms with Crippen molar-refractivity contribution < 1.29 is 18.0 Å². The lowest BCUT2D eigenvalue weighted by Crippen LogP contribution is -2.06. The molecular weight excluding hydrogens is 321 g/mol. The number of carbonyl (C=O) groups is 1. The third-order valence-electron chi connectivity index (χ3n) is 2.54. The van der Waals surface area contributed by atoms with Crippen LogP contribution < -0.4 is 0 Å². The first-order chi connectivity index (χ1) is 8.95. The quantitative estimate of drug-likeness (QED) is 0.768. The van der Waals surface area contributed by atoms with Crippen molar-refractivity contribution in [3.8, 4) is 0 Å². The molecule has 2 aromatic rings. The summed E-state index contributed by atoms with van der Waals surface area (Å²) in [5.74, 6) is -2.75. The van der Waals surface area contributed by atoms with Crippen LogP contribution in [0.2, 0.25) is 0 Å². The number of hydrogen-bond acceptors (Lipinski definition) is 1. The fourth-order valence-electron chi connectivity index (χ4n) is 1.67. The molecule has 0 amide bonds. The Labute approximate surface area is 116 Å². The first kappa shape index (κ1) is 13.8. The second-order valence-corrected chi connectivity index (χ2v) is 4.91. The lowest BCUT2D eigenvalue weighted by molar-refractivity contribution is 0.0991. The van der Waals surface area contributed by atoms with E-state index in [-0.39, 0.29) is 17.5 Å². The largest absolute Gasteiger partial charge is 0.294 e. The van der Waals surface area contributed by atoms with E-state index in [4.69, 9.17) is 0 Å². The lowest BCUT2D eigenvalue weighted by atomic mass is 10.0. The molecule has 0 N–H and O–H groups in total. The van der Waals surface area contributed by atoms with E-state index in [0.29, 0.717) is 10.5 Å². The van der Waals surface area contributed by atoms with Crippen molar-refractivity contribution in [3.05, 3.63) is 69.4 Å². The first-order valence-electron chi connectivity index (χ1n) is 5.39. The van der Waals surface area contributed by atoms with Gasteiger partial charge >= 0.3 is 0 Å². The molecule has 98 valence electrons. The molecule has 0 bridgehead atoms. The van der Waals surface area contributed by atoms with Crippen LogP contribution in [0.15, 0.2) is 40.9 Å². The second-order valence-electron chi connectivity index (χ2n) is 3.99. The number of ketones is 1. The Morgan fingerprint density at radius 3 is 2.26 bits per heavy atom. The zero-order valence-corrected chi connectivity index (χ0v) is 11.2. The smallest absolute Gasteiger partial charge is 0.167 e. The number of halogens is 4. The van der Waals surface area contributed by atoms with E-state index in [0.717, 1.165) is 12.1 Å². The summed E-state index contributed by atoms with van der Waals surface area (Å²) in [7, 11) is 0. The number of hydrogen-bond donors (Lipinski definition) is 0. The summed E-state index contributed by atoms with van der Waals surface area (Å²) in [5, 5.41) is 0. The molecule has 1 nitrogen and oxygen atoms in total. The van der Waals surface area contributed by atoms with Crippen molar-refractivity contribution >= 4 is 21.7 Å². The normalized spacial score (nSPS) is 10.5. The summed E-state index contributed by atoms with van der Waals surface area (Å²) < 4.78 is 40.1. The minimum Gasteiger partial charge on any atom is -0.294 e. The molecule has 0 aliphatic heterocycles. The molecule has 0 unspecified atom stereocenters. The van der Waals surface area contributed by atoms with Gasteiger partial charge in [-0.3, -0.25) is 4.79 Å². The number of carbonyl (C=O) groups excluding carboxylic acids is 1. The zero-order valence-electron chi connectivity index (χ0n) is 9.59. The number of rotatable bonds is 3. The molecule has 0 fully saturated rings. The molecule has 19 heavy (non-hydrogen) atoms. The third-order valence-corrected chi connectivity index (χ3v) is 3.04. The van der Waals surface area contributed by atoms with Crippen LogP contribution in [0.25, 0.3) is 0 Å². The maximum absolute atomic E-state index is 13.5. The van der Waals surface area contributed by atoms with Gasteiger partial charge in [0.05, 0.1) is 0 Å². The van der Waals surface area contributed by atoms with Crippen LogP contribution in [0.4, 0.5) is 13.2 Å². The standard InChI is InChI=1S/C14H8BrF3O/c15-10-1-2-13(18)8(3-10)6-14(19)9-4-11(16)7-12(17)5-9/h1-5,7H,6H2. The summed E-state index contributed by atoms with van der Waals surface area (Å²) in [5.41, 5.74) is 0.0564. The second kappa shape index (κ2) is 5.57. The predicted octanol–water partition coefficient (Wildman–Crippen LogP) is 4.29. The molecule has 0 saturated heterocycles. The Kier molecular flexibility index (Phi) is 4.04. The summed E-state index contributed by atoms with van der Waals surface area (Å²) in [4.78, 5) is 11.9. The monoisotopic (exact) mass is 328 g/mol. The molecule has 0 aliphatic rings. The predicted molar refractivity (Wildman–Crippen MR) is 68.5 cm³/mol. The fraction of sp³-hybridized carbons (Fsp3) is 0.0714. The van der Waals surface area contributed by atoms with Crippen molar-refractivity contribution in [3.63, 3.8) is 0 Å². The zero-order chi connectivity index (χ0) is 14.0. The van der Waals surface area contributed by atoms with E-state index in [2.05, 4.69) is 15.9 Å².